The number of benzene rings is 1. The molecule has 0 unspecified atom stereocenters. The number of fused-ring (bicyclic) bond motifs is 1. The number of amides is 2. The van der Waals surface area contributed by atoms with E-state index in [-0.39, 0.29) is 30.0 Å². The highest BCUT2D eigenvalue weighted by atomic mass is 35.5. The van der Waals surface area contributed by atoms with E-state index in [0.717, 1.165) is 5.69 Å². The first-order valence-corrected chi connectivity index (χ1v) is 9.57. The van der Waals surface area contributed by atoms with Gasteiger partial charge in [0.05, 0.1) is 22.9 Å². The number of hydrogen-bond acceptors (Lipinski definition) is 4. The van der Waals surface area contributed by atoms with Gasteiger partial charge in [0.25, 0.3) is 0 Å². The maximum Gasteiger partial charge on any atom is 0.244 e. The number of rotatable bonds is 6. The monoisotopic (exact) mass is 434 g/mol. The Morgan fingerprint density at radius 2 is 2.03 bits per heavy atom. The van der Waals surface area contributed by atoms with E-state index in [0.29, 0.717) is 27.7 Å². The summed E-state index contributed by atoms with van der Waals surface area (Å²) in [5.41, 5.74) is 2.49. The van der Waals surface area contributed by atoms with Gasteiger partial charge >= 0.3 is 0 Å². The summed E-state index contributed by atoms with van der Waals surface area (Å²) in [5, 5.41) is 3.40. The Hall–Kier alpha value is -2.77. The molecule has 1 N–H and O–H groups in total. The first-order valence-electron chi connectivity index (χ1n) is 8.82. The molecule has 1 aromatic carbocycles. The lowest BCUT2D eigenvalue weighted by atomic mass is 10.2. The summed E-state index contributed by atoms with van der Waals surface area (Å²) in [7, 11) is 1.54. The van der Waals surface area contributed by atoms with Crippen LogP contribution in [0, 0.1) is 6.92 Å². The second-order valence-corrected chi connectivity index (χ2v) is 7.37. The number of carbonyl (C=O) groups is 2. The average Bonchev–Trinajstić information content (AvgIpc) is 3.04. The van der Waals surface area contributed by atoms with Crippen LogP contribution >= 0.6 is 23.2 Å². The summed E-state index contributed by atoms with van der Waals surface area (Å²) in [6.07, 6.45) is 3.78. The van der Waals surface area contributed by atoms with Gasteiger partial charge in [0.2, 0.25) is 11.8 Å². The maximum atomic E-state index is 12.2. The van der Waals surface area contributed by atoms with Gasteiger partial charge in [0, 0.05) is 37.0 Å². The fraction of sp³-hybridized carbons (Fsp3) is 0.250. The molecule has 2 amide bonds. The molecule has 9 heteroatoms. The van der Waals surface area contributed by atoms with Crippen LogP contribution in [0.1, 0.15) is 18.2 Å². The highest BCUT2D eigenvalue weighted by Crippen LogP contribution is 2.33. The first kappa shape index (κ1) is 21.0. The molecule has 0 aliphatic heterocycles. The van der Waals surface area contributed by atoms with Crippen LogP contribution < -0.4 is 10.1 Å². The van der Waals surface area contributed by atoms with Crippen molar-refractivity contribution in [1.82, 2.24) is 14.3 Å². The summed E-state index contributed by atoms with van der Waals surface area (Å²) in [4.78, 5) is 29.2. The van der Waals surface area contributed by atoms with Crippen LogP contribution in [-0.2, 0) is 16.2 Å². The molecule has 3 rings (SSSR count). The van der Waals surface area contributed by atoms with Gasteiger partial charge in [-0.3, -0.25) is 9.59 Å². The van der Waals surface area contributed by atoms with Crippen LogP contribution in [0.25, 0.3) is 5.65 Å². The Labute approximate surface area is 178 Å². The molecule has 0 aliphatic rings. The summed E-state index contributed by atoms with van der Waals surface area (Å²) in [6, 6.07) is 6.91. The number of aromatic nitrogens is 2. The van der Waals surface area contributed by atoms with Crippen LogP contribution in [0.4, 0.5) is 5.69 Å². The largest absolute Gasteiger partial charge is 0.485 e. The fourth-order valence-corrected chi connectivity index (χ4v) is 3.24. The van der Waals surface area contributed by atoms with Crippen molar-refractivity contribution in [3.8, 4) is 5.75 Å². The molecule has 0 aliphatic carbocycles. The third-order valence-corrected chi connectivity index (χ3v) is 5.10. The Morgan fingerprint density at radius 1 is 1.28 bits per heavy atom. The molecular formula is C20H20Cl2N4O3. The predicted molar refractivity (Wildman–Crippen MR) is 113 cm³/mol. The van der Waals surface area contributed by atoms with Gasteiger partial charge in [-0.05, 0) is 31.2 Å². The molecule has 0 atom stereocenters. The normalized spacial score (nSPS) is 10.8. The third kappa shape index (κ3) is 4.81. The Morgan fingerprint density at radius 3 is 2.76 bits per heavy atom. The number of imidazole rings is 1. The van der Waals surface area contributed by atoms with Crippen molar-refractivity contribution in [1.29, 1.82) is 0 Å². The number of pyridine rings is 1. The van der Waals surface area contributed by atoms with E-state index in [1.54, 1.807) is 19.2 Å². The summed E-state index contributed by atoms with van der Waals surface area (Å²) in [6.45, 7) is 3.31. The van der Waals surface area contributed by atoms with Crippen molar-refractivity contribution >= 4 is 46.4 Å². The number of nitrogens with zero attached hydrogens (tertiary/aromatic N) is 3. The molecule has 2 aromatic heterocycles. The maximum absolute atomic E-state index is 12.2. The minimum absolute atomic E-state index is 0.0820. The summed E-state index contributed by atoms with van der Waals surface area (Å²) >= 11 is 12.8. The SMILES string of the molecule is CC(=O)N(C)CC(=O)Nc1ccc(Cl)c(COc2cccn3cc(C)nc23)c1Cl. The highest BCUT2D eigenvalue weighted by molar-refractivity contribution is 6.38. The minimum atomic E-state index is -0.364. The van der Waals surface area contributed by atoms with Gasteiger partial charge in [-0.1, -0.05) is 23.2 Å². The molecule has 0 spiro atoms. The van der Waals surface area contributed by atoms with Crippen LogP contribution in [0.5, 0.6) is 5.75 Å². The van der Waals surface area contributed by atoms with Crippen molar-refractivity contribution in [2.24, 2.45) is 0 Å². The van der Waals surface area contributed by atoms with Crippen molar-refractivity contribution in [3.05, 3.63) is 58.0 Å². The van der Waals surface area contributed by atoms with E-state index in [2.05, 4.69) is 10.3 Å². The number of halogens is 2. The summed E-state index contributed by atoms with van der Waals surface area (Å²) < 4.78 is 7.79. The highest BCUT2D eigenvalue weighted by Gasteiger charge is 2.16. The van der Waals surface area contributed by atoms with Crippen molar-refractivity contribution in [3.63, 3.8) is 0 Å². The quantitative estimate of drug-likeness (QED) is 0.637. The topological polar surface area (TPSA) is 75.9 Å². The second-order valence-electron chi connectivity index (χ2n) is 6.59. The van der Waals surface area contributed by atoms with Crippen molar-refractivity contribution < 1.29 is 14.3 Å². The zero-order valence-corrected chi connectivity index (χ0v) is 17.7. The lowest BCUT2D eigenvalue weighted by Crippen LogP contribution is -2.33. The van der Waals surface area contributed by atoms with Gasteiger partial charge < -0.3 is 19.4 Å². The molecule has 0 radical (unpaired) electrons. The van der Waals surface area contributed by atoms with Crippen LogP contribution in [0.3, 0.4) is 0 Å². The number of carbonyl (C=O) groups excluding carboxylic acids is 2. The van der Waals surface area contributed by atoms with E-state index in [4.69, 9.17) is 27.9 Å². The molecule has 29 heavy (non-hydrogen) atoms. The number of likely N-dealkylation sites (N-methyl/N-ethyl adjacent to an activating group) is 1. The number of anilines is 1. The number of ether oxygens (including phenoxy) is 1. The van der Waals surface area contributed by atoms with Gasteiger partial charge in [-0.15, -0.1) is 0 Å². The minimum Gasteiger partial charge on any atom is -0.485 e. The van der Waals surface area contributed by atoms with Crippen LogP contribution in [0.2, 0.25) is 10.0 Å². The summed E-state index contributed by atoms with van der Waals surface area (Å²) in [5.74, 6) is 0.0153. The number of aryl methyl sites for hydroxylation is 1. The molecule has 0 bridgehead atoms. The van der Waals surface area contributed by atoms with E-state index in [1.807, 2.05) is 35.9 Å². The zero-order valence-electron chi connectivity index (χ0n) is 16.2. The Bertz CT molecular complexity index is 1080. The third-order valence-electron chi connectivity index (χ3n) is 4.32. The van der Waals surface area contributed by atoms with Gasteiger partial charge in [0.1, 0.15) is 6.61 Å². The molecule has 0 saturated heterocycles. The zero-order chi connectivity index (χ0) is 21.1. The molecule has 152 valence electrons. The van der Waals surface area contributed by atoms with Crippen LogP contribution in [0.15, 0.2) is 36.7 Å². The lowest BCUT2D eigenvalue weighted by Gasteiger charge is -2.16. The lowest BCUT2D eigenvalue weighted by molar-refractivity contribution is -0.131. The molecule has 0 saturated carbocycles. The predicted octanol–water partition coefficient (Wildman–Crippen LogP) is 3.95. The standard InChI is InChI=1S/C20H20Cl2N4O3/c1-12-9-26-8-4-5-17(20(26)23-12)29-11-14-15(21)6-7-16(19(14)22)24-18(28)10-25(3)13(2)27/h4-9H,10-11H2,1-3H3,(H,24,28). The first-order chi connectivity index (χ1) is 13.8. The molecule has 7 nitrogen and oxygen atoms in total. The van der Waals surface area contributed by atoms with E-state index in [9.17, 15) is 9.59 Å². The van der Waals surface area contributed by atoms with Gasteiger partial charge in [-0.2, -0.15) is 0 Å². The smallest absolute Gasteiger partial charge is 0.244 e. The van der Waals surface area contributed by atoms with E-state index in [1.165, 1.54) is 11.8 Å². The number of nitrogens with one attached hydrogen (secondary N) is 1. The average molecular weight is 435 g/mol. The Kier molecular flexibility index (Phi) is 6.30. The van der Waals surface area contributed by atoms with Gasteiger partial charge in [0.15, 0.2) is 11.4 Å². The molecule has 0 fully saturated rings. The van der Waals surface area contributed by atoms with Crippen molar-refractivity contribution in [2.75, 3.05) is 18.9 Å². The second kappa shape index (κ2) is 8.71. The Balaban J connectivity index is 1.78. The molecular weight excluding hydrogens is 415 g/mol. The van der Waals surface area contributed by atoms with E-state index < -0.39 is 0 Å². The van der Waals surface area contributed by atoms with Crippen LogP contribution in [-0.4, -0.2) is 39.7 Å². The fourth-order valence-electron chi connectivity index (χ4n) is 2.72. The van der Waals surface area contributed by atoms with Crippen molar-refractivity contribution in [2.45, 2.75) is 20.5 Å². The molecule has 3 aromatic rings. The van der Waals surface area contributed by atoms with E-state index >= 15 is 0 Å². The number of hydrogen-bond donors (Lipinski definition) is 1. The molecule has 2 heterocycles. The van der Waals surface area contributed by atoms with Gasteiger partial charge in [-0.25, -0.2) is 4.98 Å².